The van der Waals surface area contributed by atoms with Crippen LogP contribution in [0, 0.1) is 13.8 Å². The number of Topliss-reactive ketones (excluding diaryl/α,β-unsaturated/α-hetero) is 1. The number of amides is 1. The first-order chi connectivity index (χ1) is 10.9. The Morgan fingerprint density at radius 1 is 1.09 bits per heavy atom. The maximum absolute atomic E-state index is 12.6. The van der Waals surface area contributed by atoms with Crippen molar-refractivity contribution in [2.75, 3.05) is 12.4 Å². The largest absolute Gasteiger partial charge is 0.322 e. The fourth-order valence-corrected chi connectivity index (χ4v) is 3.02. The minimum Gasteiger partial charge on any atom is -0.322 e. The number of ketones is 1. The van der Waals surface area contributed by atoms with Crippen molar-refractivity contribution < 1.29 is 9.59 Å². The number of anilines is 1. The van der Waals surface area contributed by atoms with Gasteiger partial charge in [-0.25, -0.2) is 0 Å². The van der Waals surface area contributed by atoms with Gasteiger partial charge in [-0.2, -0.15) is 0 Å². The summed E-state index contributed by atoms with van der Waals surface area (Å²) in [6, 6.07) is 3.97. The topological polar surface area (TPSA) is 58.5 Å². The van der Waals surface area contributed by atoms with E-state index in [0.29, 0.717) is 24.0 Å². The van der Waals surface area contributed by atoms with Gasteiger partial charge in [0.2, 0.25) is 0 Å². The number of aryl methyl sites for hydroxylation is 2. The van der Waals surface area contributed by atoms with E-state index in [1.54, 1.807) is 20.2 Å². The number of benzene rings is 1. The van der Waals surface area contributed by atoms with Crippen molar-refractivity contribution in [3.05, 3.63) is 40.0 Å². The lowest BCUT2D eigenvalue weighted by Crippen LogP contribution is -2.21. The first-order valence-electron chi connectivity index (χ1n) is 8.01. The molecule has 1 aromatic carbocycles. The van der Waals surface area contributed by atoms with Crippen LogP contribution in [0.2, 0.25) is 0 Å². The van der Waals surface area contributed by atoms with E-state index in [1.165, 1.54) is 0 Å². The van der Waals surface area contributed by atoms with Gasteiger partial charge in [0.25, 0.3) is 5.91 Å². The minimum atomic E-state index is -0.152. The van der Waals surface area contributed by atoms with Gasteiger partial charge in [-0.05, 0) is 69.2 Å². The highest BCUT2D eigenvalue weighted by Crippen LogP contribution is 2.27. The minimum absolute atomic E-state index is 0.00860. The number of rotatable bonds is 4. The van der Waals surface area contributed by atoms with Crippen LogP contribution < -0.4 is 5.32 Å². The molecule has 0 bridgehead atoms. The second kappa shape index (κ2) is 7.36. The van der Waals surface area contributed by atoms with Crippen LogP contribution in [0.15, 0.2) is 28.3 Å². The molecule has 0 aliphatic heterocycles. The van der Waals surface area contributed by atoms with E-state index in [1.807, 2.05) is 26.0 Å². The molecule has 0 unspecified atom stereocenters. The molecule has 0 atom stereocenters. The summed E-state index contributed by atoms with van der Waals surface area (Å²) in [5.74, 6) is -0.143. The molecule has 23 heavy (non-hydrogen) atoms. The highest BCUT2D eigenvalue weighted by Gasteiger charge is 2.22. The molecule has 122 valence electrons. The Bertz CT molecular complexity index is 700. The Hall–Kier alpha value is -2.23. The molecule has 0 saturated carbocycles. The normalized spacial score (nSPS) is 15.1. The van der Waals surface area contributed by atoms with Crippen molar-refractivity contribution in [2.24, 2.45) is 4.99 Å². The van der Waals surface area contributed by atoms with Crippen LogP contribution in [0.4, 0.5) is 5.69 Å². The van der Waals surface area contributed by atoms with Crippen molar-refractivity contribution in [2.45, 2.75) is 46.5 Å². The summed E-state index contributed by atoms with van der Waals surface area (Å²) in [5.41, 5.74) is 5.22. The van der Waals surface area contributed by atoms with E-state index in [-0.39, 0.29) is 11.7 Å². The van der Waals surface area contributed by atoms with Crippen LogP contribution in [0.25, 0.3) is 0 Å². The second-order valence-electron chi connectivity index (χ2n) is 6.09. The summed E-state index contributed by atoms with van der Waals surface area (Å²) in [4.78, 5) is 28.4. The Labute approximate surface area is 137 Å². The van der Waals surface area contributed by atoms with E-state index in [4.69, 9.17) is 0 Å². The third-order valence-electron chi connectivity index (χ3n) is 4.30. The second-order valence-corrected chi connectivity index (χ2v) is 6.09. The number of nitrogens with one attached hydrogen (secondary N) is 1. The van der Waals surface area contributed by atoms with Gasteiger partial charge in [-0.15, -0.1) is 0 Å². The molecule has 0 saturated heterocycles. The first-order valence-corrected chi connectivity index (χ1v) is 8.01. The summed E-state index contributed by atoms with van der Waals surface area (Å²) in [5, 5.41) is 2.98. The molecule has 1 aliphatic rings. The number of aliphatic imine (C=N–C) groups is 1. The summed E-state index contributed by atoms with van der Waals surface area (Å²) in [6.07, 6.45) is 5.10. The van der Waals surface area contributed by atoms with Crippen molar-refractivity contribution in [1.82, 2.24) is 0 Å². The summed E-state index contributed by atoms with van der Waals surface area (Å²) >= 11 is 0. The number of hydrogen-bond acceptors (Lipinski definition) is 3. The van der Waals surface area contributed by atoms with E-state index in [0.717, 1.165) is 35.2 Å². The maximum Gasteiger partial charge on any atom is 0.251 e. The van der Waals surface area contributed by atoms with Crippen LogP contribution in [0.1, 0.15) is 49.3 Å². The Kier molecular flexibility index (Phi) is 5.48. The highest BCUT2D eigenvalue weighted by atomic mass is 16.2. The molecule has 2 rings (SSSR count). The van der Waals surface area contributed by atoms with Crippen LogP contribution >= 0.6 is 0 Å². The third-order valence-corrected chi connectivity index (χ3v) is 4.30. The van der Waals surface area contributed by atoms with Crippen LogP contribution in [0.5, 0.6) is 0 Å². The lowest BCUT2D eigenvalue weighted by Gasteiger charge is -2.19. The molecule has 1 amide bonds. The summed E-state index contributed by atoms with van der Waals surface area (Å²) in [6.45, 7) is 5.53. The summed E-state index contributed by atoms with van der Waals surface area (Å²) < 4.78 is 0. The number of carbonyl (C=O) groups excluding carboxylic acids is 2. The number of carbonyl (C=O) groups is 2. The average Bonchev–Trinajstić information content (AvgIpc) is 2.52. The van der Waals surface area contributed by atoms with Gasteiger partial charge in [0.15, 0.2) is 5.78 Å². The van der Waals surface area contributed by atoms with Gasteiger partial charge in [0.1, 0.15) is 0 Å². The van der Waals surface area contributed by atoms with Gasteiger partial charge >= 0.3 is 0 Å². The van der Waals surface area contributed by atoms with Crippen molar-refractivity contribution in [3.63, 3.8) is 0 Å². The summed E-state index contributed by atoms with van der Waals surface area (Å²) in [7, 11) is 1.73. The molecule has 0 radical (unpaired) electrons. The SMILES string of the molecule is CN=Cc1cc(NC(=O)C2=C(C(C)=O)CCCC2)c(C)cc1C. The standard InChI is InChI=1S/C19H24N2O2/c1-12-9-13(2)18(10-15(12)11-20-4)21-19(23)17-8-6-5-7-16(17)14(3)22/h9-11H,5-8H2,1-4H3,(H,21,23). The zero-order valence-electron chi connectivity index (χ0n) is 14.3. The zero-order chi connectivity index (χ0) is 17.0. The van der Waals surface area contributed by atoms with Crippen LogP contribution in [-0.4, -0.2) is 25.0 Å². The zero-order valence-corrected chi connectivity index (χ0v) is 14.3. The number of allylic oxidation sites excluding steroid dienone is 1. The smallest absolute Gasteiger partial charge is 0.251 e. The molecule has 0 heterocycles. The monoisotopic (exact) mass is 312 g/mol. The first kappa shape index (κ1) is 17.1. The number of hydrogen-bond donors (Lipinski definition) is 1. The molecule has 0 aromatic heterocycles. The molecular formula is C19H24N2O2. The Morgan fingerprint density at radius 2 is 1.74 bits per heavy atom. The van der Waals surface area contributed by atoms with Crippen molar-refractivity contribution >= 4 is 23.6 Å². The van der Waals surface area contributed by atoms with Gasteiger partial charge in [0.05, 0.1) is 0 Å². The van der Waals surface area contributed by atoms with E-state index >= 15 is 0 Å². The van der Waals surface area contributed by atoms with Crippen LogP contribution in [0.3, 0.4) is 0 Å². The quantitative estimate of drug-likeness (QED) is 0.861. The molecule has 1 N–H and O–H groups in total. The van der Waals surface area contributed by atoms with E-state index in [2.05, 4.69) is 10.3 Å². The predicted molar refractivity (Wildman–Crippen MR) is 94.2 cm³/mol. The molecule has 4 nitrogen and oxygen atoms in total. The molecule has 0 spiro atoms. The maximum atomic E-state index is 12.6. The average molecular weight is 312 g/mol. The van der Waals surface area contributed by atoms with Gasteiger partial charge in [-0.3, -0.25) is 14.6 Å². The number of nitrogens with zero attached hydrogens (tertiary/aromatic N) is 1. The highest BCUT2D eigenvalue weighted by molar-refractivity contribution is 6.10. The van der Waals surface area contributed by atoms with Crippen molar-refractivity contribution in [3.8, 4) is 0 Å². The Balaban J connectivity index is 2.33. The van der Waals surface area contributed by atoms with Crippen LogP contribution in [-0.2, 0) is 9.59 Å². The van der Waals surface area contributed by atoms with Gasteiger partial charge in [0, 0.05) is 30.1 Å². The third kappa shape index (κ3) is 3.95. The van der Waals surface area contributed by atoms with E-state index < -0.39 is 0 Å². The van der Waals surface area contributed by atoms with Gasteiger partial charge < -0.3 is 5.32 Å². The molecule has 4 heteroatoms. The fraction of sp³-hybridized carbons (Fsp3) is 0.421. The lowest BCUT2D eigenvalue weighted by molar-refractivity contribution is -0.116. The van der Waals surface area contributed by atoms with Crippen molar-refractivity contribution in [1.29, 1.82) is 0 Å². The predicted octanol–water partition coefficient (Wildman–Crippen LogP) is 3.75. The molecule has 1 aliphatic carbocycles. The van der Waals surface area contributed by atoms with E-state index in [9.17, 15) is 9.59 Å². The fourth-order valence-electron chi connectivity index (χ4n) is 3.02. The molecule has 1 aromatic rings. The molecule has 0 fully saturated rings. The Morgan fingerprint density at radius 3 is 2.35 bits per heavy atom. The molecular weight excluding hydrogens is 288 g/mol. The van der Waals surface area contributed by atoms with Gasteiger partial charge in [-0.1, -0.05) is 6.07 Å². The lowest BCUT2D eigenvalue weighted by atomic mass is 9.89.